The third-order valence-electron chi connectivity index (χ3n) is 3.96. The van der Waals surface area contributed by atoms with Crippen LogP contribution < -0.4 is 10.2 Å². The Morgan fingerprint density at radius 2 is 1.90 bits per heavy atom. The van der Waals surface area contributed by atoms with Crippen molar-refractivity contribution < 1.29 is 4.39 Å². The lowest BCUT2D eigenvalue weighted by Crippen LogP contribution is -2.35. The van der Waals surface area contributed by atoms with Crippen LogP contribution in [0.4, 0.5) is 10.1 Å². The fourth-order valence-electron chi connectivity index (χ4n) is 2.53. The number of piperidine rings is 1. The quantitative estimate of drug-likeness (QED) is 0.900. The molecule has 2 nitrogen and oxygen atoms in total. The number of hydrogen-bond acceptors (Lipinski definition) is 2. The number of nitrogens with zero attached hydrogens (tertiary/aromatic N) is 1. The Bertz CT molecular complexity index is 443. The Kier molecular flexibility index (Phi) is 4.69. The highest BCUT2D eigenvalue weighted by Crippen LogP contribution is 2.26. The van der Waals surface area contributed by atoms with Gasteiger partial charge < -0.3 is 10.2 Å². The first kappa shape index (κ1) is 15.3. The minimum Gasteiger partial charge on any atom is -0.369 e. The molecular formula is C17H27FN2. The van der Waals surface area contributed by atoms with Gasteiger partial charge >= 0.3 is 0 Å². The van der Waals surface area contributed by atoms with E-state index in [0.29, 0.717) is 6.54 Å². The molecule has 20 heavy (non-hydrogen) atoms. The van der Waals surface area contributed by atoms with Crippen molar-refractivity contribution >= 4 is 5.69 Å². The largest absolute Gasteiger partial charge is 0.369 e. The zero-order valence-electron chi connectivity index (χ0n) is 13.2. The molecule has 1 aliphatic rings. The highest BCUT2D eigenvalue weighted by molar-refractivity contribution is 5.49. The molecule has 0 bridgehead atoms. The van der Waals surface area contributed by atoms with E-state index in [0.717, 1.165) is 43.1 Å². The maximum absolute atomic E-state index is 14.3. The molecule has 1 heterocycles. The molecule has 1 aromatic rings. The first-order valence-corrected chi connectivity index (χ1v) is 7.63. The van der Waals surface area contributed by atoms with Crippen LogP contribution in [0.1, 0.15) is 46.1 Å². The lowest BCUT2D eigenvalue weighted by molar-refractivity contribution is 0.423. The number of hydrogen-bond donors (Lipinski definition) is 1. The topological polar surface area (TPSA) is 15.3 Å². The summed E-state index contributed by atoms with van der Waals surface area (Å²) in [4.78, 5) is 2.18. The van der Waals surface area contributed by atoms with Gasteiger partial charge in [-0.05, 0) is 57.2 Å². The van der Waals surface area contributed by atoms with E-state index in [1.807, 2.05) is 12.1 Å². The monoisotopic (exact) mass is 278 g/mol. The molecular weight excluding hydrogens is 251 g/mol. The van der Waals surface area contributed by atoms with Gasteiger partial charge in [0.2, 0.25) is 0 Å². The fraction of sp³-hybridized carbons (Fsp3) is 0.647. The van der Waals surface area contributed by atoms with E-state index >= 15 is 0 Å². The highest BCUT2D eigenvalue weighted by Gasteiger charge is 2.19. The predicted octanol–water partition coefficient (Wildman–Crippen LogP) is 3.95. The standard InChI is InChI=1S/C17H27FN2/c1-13-7-9-20(10-8-13)16-6-5-14(11-15(16)18)12-19-17(2,3)4/h5-6,11,13,19H,7-10,12H2,1-4H3. The molecule has 1 fully saturated rings. The zero-order chi connectivity index (χ0) is 14.8. The summed E-state index contributed by atoms with van der Waals surface area (Å²) in [5.41, 5.74) is 1.82. The number of rotatable bonds is 3. The van der Waals surface area contributed by atoms with Crippen molar-refractivity contribution in [3.05, 3.63) is 29.6 Å². The van der Waals surface area contributed by atoms with E-state index < -0.39 is 0 Å². The van der Waals surface area contributed by atoms with Gasteiger partial charge in [-0.25, -0.2) is 4.39 Å². The molecule has 0 aliphatic carbocycles. The van der Waals surface area contributed by atoms with E-state index in [4.69, 9.17) is 0 Å². The smallest absolute Gasteiger partial charge is 0.146 e. The lowest BCUT2D eigenvalue weighted by Gasteiger charge is -2.32. The third-order valence-corrected chi connectivity index (χ3v) is 3.96. The lowest BCUT2D eigenvalue weighted by atomic mass is 9.98. The molecule has 1 aromatic carbocycles. The van der Waals surface area contributed by atoms with Crippen molar-refractivity contribution in [3.63, 3.8) is 0 Å². The first-order chi connectivity index (χ1) is 9.35. The van der Waals surface area contributed by atoms with E-state index in [1.54, 1.807) is 6.07 Å². The summed E-state index contributed by atoms with van der Waals surface area (Å²) in [6.45, 7) is 11.3. The summed E-state index contributed by atoms with van der Waals surface area (Å²) in [6.07, 6.45) is 2.32. The van der Waals surface area contributed by atoms with E-state index in [-0.39, 0.29) is 11.4 Å². The van der Waals surface area contributed by atoms with Gasteiger partial charge in [-0.1, -0.05) is 13.0 Å². The maximum atomic E-state index is 14.3. The van der Waals surface area contributed by atoms with Crippen LogP contribution in [0.3, 0.4) is 0 Å². The minimum atomic E-state index is -0.0900. The third kappa shape index (κ3) is 4.20. The summed E-state index contributed by atoms with van der Waals surface area (Å²) >= 11 is 0. The molecule has 0 aromatic heterocycles. The van der Waals surface area contributed by atoms with Gasteiger partial charge in [-0.3, -0.25) is 0 Å². The molecule has 0 saturated carbocycles. The molecule has 0 radical (unpaired) electrons. The summed E-state index contributed by atoms with van der Waals surface area (Å²) in [7, 11) is 0. The molecule has 0 amide bonds. The van der Waals surface area contributed by atoms with Gasteiger partial charge in [-0.2, -0.15) is 0 Å². The van der Waals surface area contributed by atoms with Crippen molar-refractivity contribution in [2.45, 2.75) is 52.6 Å². The van der Waals surface area contributed by atoms with Crippen LogP contribution in [0.25, 0.3) is 0 Å². The van der Waals surface area contributed by atoms with Gasteiger partial charge in [0.25, 0.3) is 0 Å². The summed E-state index contributed by atoms with van der Waals surface area (Å²) < 4.78 is 14.3. The zero-order valence-corrected chi connectivity index (χ0v) is 13.2. The molecule has 3 heteroatoms. The molecule has 2 rings (SSSR count). The van der Waals surface area contributed by atoms with Crippen LogP contribution in [0.2, 0.25) is 0 Å². The van der Waals surface area contributed by atoms with Crippen LogP contribution in [0.15, 0.2) is 18.2 Å². The summed E-state index contributed by atoms with van der Waals surface area (Å²) in [5, 5.41) is 3.39. The Hall–Kier alpha value is -1.09. The Morgan fingerprint density at radius 3 is 2.45 bits per heavy atom. The second-order valence-corrected chi connectivity index (χ2v) is 7.06. The molecule has 0 unspecified atom stereocenters. The number of benzene rings is 1. The fourth-order valence-corrected chi connectivity index (χ4v) is 2.53. The van der Waals surface area contributed by atoms with E-state index in [9.17, 15) is 4.39 Å². The van der Waals surface area contributed by atoms with Crippen molar-refractivity contribution in [3.8, 4) is 0 Å². The molecule has 1 N–H and O–H groups in total. The Morgan fingerprint density at radius 1 is 1.25 bits per heavy atom. The molecule has 1 aliphatic heterocycles. The number of halogens is 1. The van der Waals surface area contributed by atoms with Crippen LogP contribution in [0, 0.1) is 11.7 Å². The van der Waals surface area contributed by atoms with Gasteiger partial charge in [0.15, 0.2) is 0 Å². The van der Waals surface area contributed by atoms with Crippen molar-refractivity contribution in [2.24, 2.45) is 5.92 Å². The SMILES string of the molecule is CC1CCN(c2ccc(CNC(C)(C)C)cc2F)CC1. The van der Waals surface area contributed by atoms with Gasteiger partial charge in [0, 0.05) is 25.2 Å². The van der Waals surface area contributed by atoms with Crippen LogP contribution in [-0.4, -0.2) is 18.6 Å². The van der Waals surface area contributed by atoms with E-state index in [1.165, 1.54) is 0 Å². The predicted molar refractivity (Wildman–Crippen MR) is 83.6 cm³/mol. The average Bonchev–Trinajstić information content (AvgIpc) is 2.37. The highest BCUT2D eigenvalue weighted by atomic mass is 19.1. The van der Waals surface area contributed by atoms with Gasteiger partial charge in [-0.15, -0.1) is 0 Å². The number of anilines is 1. The summed E-state index contributed by atoms with van der Waals surface area (Å²) in [6, 6.07) is 5.65. The van der Waals surface area contributed by atoms with Crippen molar-refractivity contribution in [1.82, 2.24) is 5.32 Å². The van der Waals surface area contributed by atoms with Gasteiger partial charge in [0.1, 0.15) is 5.82 Å². The minimum absolute atomic E-state index is 0.0537. The number of nitrogens with one attached hydrogen (secondary N) is 1. The average molecular weight is 278 g/mol. The molecule has 0 spiro atoms. The Labute approximate surface area is 122 Å². The van der Waals surface area contributed by atoms with Gasteiger partial charge in [0.05, 0.1) is 5.69 Å². The Balaban J connectivity index is 2.02. The summed E-state index contributed by atoms with van der Waals surface area (Å²) in [5.74, 6) is 0.678. The first-order valence-electron chi connectivity index (χ1n) is 7.63. The van der Waals surface area contributed by atoms with Crippen LogP contribution in [-0.2, 0) is 6.54 Å². The van der Waals surface area contributed by atoms with Crippen molar-refractivity contribution in [1.29, 1.82) is 0 Å². The maximum Gasteiger partial charge on any atom is 0.146 e. The van der Waals surface area contributed by atoms with Crippen LogP contribution >= 0.6 is 0 Å². The molecule has 0 atom stereocenters. The normalized spacial score (nSPS) is 17.6. The second-order valence-electron chi connectivity index (χ2n) is 7.06. The van der Waals surface area contributed by atoms with Crippen LogP contribution in [0.5, 0.6) is 0 Å². The second kappa shape index (κ2) is 6.13. The molecule has 112 valence electrons. The van der Waals surface area contributed by atoms with E-state index in [2.05, 4.69) is 37.9 Å². The molecule has 1 saturated heterocycles. The van der Waals surface area contributed by atoms with Crippen molar-refractivity contribution in [2.75, 3.05) is 18.0 Å².